The largest absolute Gasteiger partial charge is 0.337 e. The average molecular weight is 261 g/mol. The molecule has 2 aromatic rings. The van der Waals surface area contributed by atoms with E-state index in [0.29, 0.717) is 6.04 Å². The van der Waals surface area contributed by atoms with E-state index in [4.69, 9.17) is 0 Å². The summed E-state index contributed by atoms with van der Waals surface area (Å²) in [6, 6.07) is 0.457. The van der Waals surface area contributed by atoms with Gasteiger partial charge in [-0.3, -0.25) is 4.90 Å². The first-order valence-electron chi connectivity index (χ1n) is 6.82. The van der Waals surface area contributed by atoms with Crippen molar-refractivity contribution in [1.82, 2.24) is 24.0 Å². The molecule has 0 amide bonds. The van der Waals surface area contributed by atoms with Gasteiger partial charge < -0.3 is 9.13 Å². The van der Waals surface area contributed by atoms with Crippen LogP contribution < -0.4 is 0 Å². The van der Waals surface area contributed by atoms with Gasteiger partial charge in [0.1, 0.15) is 11.6 Å². The van der Waals surface area contributed by atoms with E-state index in [1.807, 2.05) is 31.8 Å². The van der Waals surface area contributed by atoms with E-state index >= 15 is 0 Å². The highest BCUT2D eigenvalue weighted by Crippen LogP contribution is 2.11. The fraction of sp³-hybridized carbons (Fsp3) is 0.571. The van der Waals surface area contributed by atoms with Crippen molar-refractivity contribution in [1.29, 1.82) is 0 Å². The molecular weight excluding hydrogens is 238 g/mol. The van der Waals surface area contributed by atoms with Gasteiger partial charge in [-0.15, -0.1) is 0 Å². The quantitative estimate of drug-likeness (QED) is 0.799. The number of aryl methyl sites for hydroxylation is 2. The molecule has 2 rings (SSSR count). The second-order valence-electron chi connectivity index (χ2n) is 5.08. The van der Waals surface area contributed by atoms with Crippen molar-refractivity contribution >= 4 is 0 Å². The Hall–Kier alpha value is -1.62. The second kappa shape index (κ2) is 6.02. The first kappa shape index (κ1) is 13.8. The maximum atomic E-state index is 4.46. The Kier molecular flexibility index (Phi) is 4.37. The predicted octanol–water partition coefficient (Wildman–Crippen LogP) is 2.05. The van der Waals surface area contributed by atoms with Gasteiger partial charge in [0.05, 0.1) is 13.1 Å². The zero-order chi connectivity index (χ0) is 13.8. The summed E-state index contributed by atoms with van der Waals surface area (Å²) in [5.74, 6) is 2.20. The summed E-state index contributed by atoms with van der Waals surface area (Å²) in [5, 5.41) is 0. The van der Waals surface area contributed by atoms with Crippen molar-refractivity contribution < 1.29 is 0 Å². The number of nitrogens with zero attached hydrogens (tertiary/aromatic N) is 5. The predicted molar refractivity (Wildman–Crippen MR) is 75.5 cm³/mol. The van der Waals surface area contributed by atoms with Crippen LogP contribution in [0.15, 0.2) is 24.8 Å². The Balaban J connectivity index is 2.11. The van der Waals surface area contributed by atoms with Gasteiger partial charge in [-0.25, -0.2) is 9.97 Å². The van der Waals surface area contributed by atoms with E-state index in [1.165, 1.54) is 0 Å². The van der Waals surface area contributed by atoms with Gasteiger partial charge in [0, 0.05) is 44.4 Å². The number of hydrogen-bond acceptors (Lipinski definition) is 3. The minimum atomic E-state index is 0.457. The molecule has 0 fully saturated rings. The van der Waals surface area contributed by atoms with Crippen LogP contribution in [0.4, 0.5) is 0 Å². The molecule has 0 aliphatic carbocycles. The highest BCUT2D eigenvalue weighted by molar-refractivity contribution is 4.95. The average Bonchev–Trinajstić information content (AvgIpc) is 2.98. The first-order valence-corrected chi connectivity index (χ1v) is 6.82. The Morgan fingerprint density at radius 3 is 2.32 bits per heavy atom. The summed E-state index contributed by atoms with van der Waals surface area (Å²) in [6.07, 6.45) is 7.74. The van der Waals surface area contributed by atoms with Gasteiger partial charge in [-0.2, -0.15) is 0 Å². The van der Waals surface area contributed by atoms with E-state index in [9.17, 15) is 0 Å². The van der Waals surface area contributed by atoms with E-state index in [1.54, 1.807) is 0 Å². The molecular formula is C14H23N5. The van der Waals surface area contributed by atoms with E-state index in [0.717, 1.165) is 31.3 Å². The summed E-state index contributed by atoms with van der Waals surface area (Å²) in [4.78, 5) is 11.2. The van der Waals surface area contributed by atoms with Crippen LogP contribution in [0.2, 0.25) is 0 Å². The Morgan fingerprint density at radius 1 is 1.11 bits per heavy atom. The molecule has 104 valence electrons. The maximum Gasteiger partial charge on any atom is 0.122 e. The number of aromatic nitrogens is 4. The fourth-order valence-electron chi connectivity index (χ4n) is 2.11. The van der Waals surface area contributed by atoms with Gasteiger partial charge in [-0.1, -0.05) is 0 Å². The van der Waals surface area contributed by atoms with Crippen molar-refractivity contribution in [3.05, 3.63) is 36.4 Å². The molecule has 0 bridgehead atoms. The van der Waals surface area contributed by atoms with E-state index in [2.05, 4.69) is 44.8 Å². The normalized spacial score (nSPS) is 11.7. The Morgan fingerprint density at radius 2 is 1.74 bits per heavy atom. The zero-order valence-corrected chi connectivity index (χ0v) is 12.2. The summed E-state index contributed by atoms with van der Waals surface area (Å²) in [6.45, 7) is 9.22. The third-order valence-electron chi connectivity index (χ3n) is 3.48. The molecule has 0 unspecified atom stereocenters. The number of rotatable bonds is 6. The Labute approximate surface area is 114 Å². The lowest BCUT2D eigenvalue weighted by atomic mass is 10.3. The maximum absolute atomic E-state index is 4.46. The Bertz CT molecular complexity index is 511. The first-order chi connectivity index (χ1) is 9.11. The molecule has 0 saturated heterocycles. The molecule has 0 aliphatic rings. The molecule has 0 saturated carbocycles. The van der Waals surface area contributed by atoms with Crippen LogP contribution in [0, 0.1) is 0 Å². The minimum Gasteiger partial charge on any atom is -0.337 e. The molecule has 5 nitrogen and oxygen atoms in total. The minimum absolute atomic E-state index is 0.457. The van der Waals surface area contributed by atoms with E-state index < -0.39 is 0 Å². The smallest absolute Gasteiger partial charge is 0.122 e. The standard InChI is InChI=1S/C14H23N5/c1-5-18-9-7-16-14(18)11-19(12(2)3)10-13-15-6-8-17(13)4/h6-9,12H,5,10-11H2,1-4H3. The van der Waals surface area contributed by atoms with Crippen LogP contribution in [0.3, 0.4) is 0 Å². The van der Waals surface area contributed by atoms with Gasteiger partial charge in [-0.05, 0) is 20.8 Å². The van der Waals surface area contributed by atoms with Crippen molar-refractivity contribution in [2.45, 2.75) is 46.4 Å². The topological polar surface area (TPSA) is 38.9 Å². The van der Waals surface area contributed by atoms with Crippen LogP contribution >= 0.6 is 0 Å². The summed E-state index contributed by atoms with van der Waals surface area (Å²) < 4.78 is 4.26. The lowest BCUT2D eigenvalue weighted by Crippen LogP contribution is -2.32. The molecule has 0 N–H and O–H groups in total. The van der Waals surface area contributed by atoms with Crippen LogP contribution in [-0.4, -0.2) is 30.0 Å². The van der Waals surface area contributed by atoms with Crippen LogP contribution in [0.1, 0.15) is 32.4 Å². The van der Waals surface area contributed by atoms with E-state index in [-0.39, 0.29) is 0 Å². The van der Waals surface area contributed by atoms with Gasteiger partial charge in [0.15, 0.2) is 0 Å². The summed E-state index contributed by atoms with van der Waals surface area (Å²) in [7, 11) is 2.04. The highest BCUT2D eigenvalue weighted by Gasteiger charge is 2.15. The summed E-state index contributed by atoms with van der Waals surface area (Å²) in [5.41, 5.74) is 0. The van der Waals surface area contributed by atoms with Crippen LogP contribution in [-0.2, 0) is 26.7 Å². The molecule has 19 heavy (non-hydrogen) atoms. The molecule has 0 aliphatic heterocycles. The van der Waals surface area contributed by atoms with Crippen molar-refractivity contribution in [3.63, 3.8) is 0 Å². The van der Waals surface area contributed by atoms with Crippen molar-refractivity contribution in [2.24, 2.45) is 7.05 Å². The van der Waals surface area contributed by atoms with Gasteiger partial charge >= 0.3 is 0 Å². The fourth-order valence-corrected chi connectivity index (χ4v) is 2.11. The monoisotopic (exact) mass is 261 g/mol. The number of imidazole rings is 2. The van der Waals surface area contributed by atoms with Crippen molar-refractivity contribution in [2.75, 3.05) is 0 Å². The molecule has 0 atom stereocenters. The highest BCUT2D eigenvalue weighted by atomic mass is 15.2. The third-order valence-corrected chi connectivity index (χ3v) is 3.48. The molecule has 5 heteroatoms. The molecule has 0 radical (unpaired) electrons. The van der Waals surface area contributed by atoms with Gasteiger partial charge in [0.2, 0.25) is 0 Å². The van der Waals surface area contributed by atoms with Crippen molar-refractivity contribution in [3.8, 4) is 0 Å². The van der Waals surface area contributed by atoms with Crippen LogP contribution in [0.25, 0.3) is 0 Å². The lowest BCUT2D eigenvalue weighted by molar-refractivity contribution is 0.189. The van der Waals surface area contributed by atoms with Gasteiger partial charge in [0.25, 0.3) is 0 Å². The lowest BCUT2D eigenvalue weighted by Gasteiger charge is -2.26. The van der Waals surface area contributed by atoms with Crippen LogP contribution in [0.5, 0.6) is 0 Å². The molecule has 0 spiro atoms. The zero-order valence-electron chi connectivity index (χ0n) is 12.2. The SMILES string of the molecule is CCn1ccnc1CN(Cc1nccn1C)C(C)C. The number of hydrogen-bond donors (Lipinski definition) is 0. The molecule has 2 aromatic heterocycles. The third kappa shape index (κ3) is 3.23. The summed E-state index contributed by atoms with van der Waals surface area (Å²) >= 11 is 0. The molecule has 0 aromatic carbocycles. The second-order valence-corrected chi connectivity index (χ2v) is 5.08. The molecule has 2 heterocycles.